The van der Waals surface area contributed by atoms with Crippen LogP contribution in [0.2, 0.25) is 0 Å². The highest BCUT2D eigenvalue weighted by molar-refractivity contribution is 7.90. The topological polar surface area (TPSA) is 102 Å². The molecular formula is C19H26N2O6S. The Morgan fingerprint density at radius 2 is 1.71 bits per heavy atom. The third-order valence-corrected chi connectivity index (χ3v) is 5.60. The van der Waals surface area contributed by atoms with E-state index < -0.39 is 21.8 Å². The van der Waals surface area contributed by atoms with Crippen LogP contribution in [0.3, 0.4) is 0 Å². The lowest BCUT2D eigenvalue weighted by atomic mass is 10.2. The molecule has 0 unspecified atom stereocenters. The Kier molecular flexibility index (Phi) is 7.45. The number of hydrogen-bond acceptors (Lipinski definition) is 8. The van der Waals surface area contributed by atoms with Gasteiger partial charge in [-0.05, 0) is 31.0 Å². The zero-order valence-electron chi connectivity index (χ0n) is 16.4. The van der Waals surface area contributed by atoms with Crippen LogP contribution in [-0.2, 0) is 28.9 Å². The number of carbonyl (C=O) groups is 2. The van der Waals surface area contributed by atoms with Crippen LogP contribution in [0.25, 0.3) is 0 Å². The van der Waals surface area contributed by atoms with Crippen molar-refractivity contribution in [3.8, 4) is 0 Å². The summed E-state index contributed by atoms with van der Waals surface area (Å²) in [5.74, 6) is -1.46. The second-order valence-corrected chi connectivity index (χ2v) is 8.54. The molecule has 2 rings (SSSR count). The van der Waals surface area contributed by atoms with Crippen molar-refractivity contribution in [1.82, 2.24) is 0 Å². The zero-order valence-corrected chi connectivity index (χ0v) is 17.2. The van der Waals surface area contributed by atoms with Crippen LogP contribution in [0.5, 0.6) is 0 Å². The number of methoxy groups -OCH3 is 2. The molecule has 1 fully saturated rings. The lowest BCUT2D eigenvalue weighted by molar-refractivity contribution is -0.138. The van der Waals surface area contributed by atoms with E-state index in [-0.39, 0.29) is 10.6 Å². The molecule has 1 aromatic rings. The molecule has 1 aliphatic heterocycles. The van der Waals surface area contributed by atoms with Crippen LogP contribution < -0.4 is 10.2 Å². The number of hydrogen-bond donors (Lipinski definition) is 1. The fourth-order valence-corrected chi connectivity index (χ4v) is 3.94. The zero-order chi connectivity index (χ0) is 20.7. The van der Waals surface area contributed by atoms with Crippen LogP contribution in [0.1, 0.15) is 25.7 Å². The molecule has 0 bridgehead atoms. The van der Waals surface area contributed by atoms with Crippen LogP contribution >= 0.6 is 0 Å². The summed E-state index contributed by atoms with van der Waals surface area (Å²) in [5.41, 5.74) is 0.937. The Bertz CT molecular complexity index is 855. The maximum absolute atomic E-state index is 12.3. The molecule has 0 saturated carbocycles. The van der Waals surface area contributed by atoms with Gasteiger partial charge >= 0.3 is 11.9 Å². The highest BCUT2D eigenvalue weighted by Crippen LogP contribution is 2.31. The van der Waals surface area contributed by atoms with Crippen molar-refractivity contribution in [3.05, 3.63) is 30.0 Å². The van der Waals surface area contributed by atoms with E-state index in [2.05, 4.69) is 19.7 Å². The molecule has 154 valence electrons. The van der Waals surface area contributed by atoms with E-state index in [9.17, 15) is 18.0 Å². The molecule has 0 aromatic heterocycles. The van der Waals surface area contributed by atoms with E-state index >= 15 is 0 Å². The highest BCUT2D eigenvalue weighted by Gasteiger charge is 2.21. The molecule has 1 N–H and O–H groups in total. The summed E-state index contributed by atoms with van der Waals surface area (Å²) in [6.07, 6.45) is 6.34. The third-order valence-electron chi connectivity index (χ3n) is 4.45. The number of nitrogens with zero attached hydrogens (tertiary/aromatic N) is 1. The van der Waals surface area contributed by atoms with Crippen molar-refractivity contribution in [3.63, 3.8) is 0 Å². The van der Waals surface area contributed by atoms with E-state index in [0.717, 1.165) is 44.8 Å². The second-order valence-electron chi connectivity index (χ2n) is 6.55. The van der Waals surface area contributed by atoms with E-state index in [4.69, 9.17) is 0 Å². The monoisotopic (exact) mass is 410 g/mol. The molecule has 0 atom stereocenters. The molecule has 1 aromatic carbocycles. The molecule has 1 aliphatic rings. The van der Waals surface area contributed by atoms with Crippen molar-refractivity contribution >= 4 is 33.2 Å². The molecule has 0 spiro atoms. The van der Waals surface area contributed by atoms with Crippen molar-refractivity contribution in [2.75, 3.05) is 43.8 Å². The standard InChI is InChI=1S/C19H26N2O6S/c1-26-18(22)13-15(19(23)27-2)20-14-8-9-17(28(3,24)25)16(12-14)21-10-6-4-5-7-11-21/h8-9,12-13,20H,4-7,10-11H2,1-3H3/b15-13+. The minimum Gasteiger partial charge on any atom is -0.466 e. The maximum Gasteiger partial charge on any atom is 0.354 e. The van der Waals surface area contributed by atoms with Crippen molar-refractivity contribution in [1.29, 1.82) is 0 Å². The summed E-state index contributed by atoms with van der Waals surface area (Å²) in [7, 11) is -1.03. The quantitative estimate of drug-likeness (QED) is 0.562. The van der Waals surface area contributed by atoms with Gasteiger partial charge in [0.15, 0.2) is 9.84 Å². The van der Waals surface area contributed by atoms with Gasteiger partial charge in [-0.25, -0.2) is 18.0 Å². The fourth-order valence-electron chi connectivity index (χ4n) is 3.06. The Morgan fingerprint density at radius 1 is 1.07 bits per heavy atom. The number of nitrogens with one attached hydrogen (secondary N) is 1. The molecule has 28 heavy (non-hydrogen) atoms. The Balaban J connectivity index is 2.45. The third kappa shape index (κ3) is 5.72. The summed E-state index contributed by atoms with van der Waals surface area (Å²) in [6, 6.07) is 4.73. The van der Waals surface area contributed by atoms with Gasteiger partial charge in [-0.15, -0.1) is 0 Å². The summed E-state index contributed by atoms with van der Waals surface area (Å²) in [5, 5.41) is 2.83. The number of sulfone groups is 1. The van der Waals surface area contributed by atoms with E-state index in [1.807, 2.05) is 0 Å². The maximum atomic E-state index is 12.3. The molecular weight excluding hydrogens is 384 g/mol. The summed E-state index contributed by atoms with van der Waals surface area (Å²) in [4.78, 5) is 25.8. The first-order valence-corrected chi connectivity index (χ1v) is 10.9. The van der Waals surface area contributed by atoms with Crippen molar-refractivity contribution in [2.45, 2.75) is 30.6 Å². The van der Waals surface area contributed by atoms with Gasteiger partial charge in [0.05, 0.1) is 30.9 Å². The molecule has 9 heteroatoms. The number of esters is 2. The summed E-state index contributed by atoms with van der Waals surface area (Å²) in [6.45, 7) is 1.52. The SMILES string of the molecule is COC(=O)/C=C(/Nc1ccc(S(C)(=O)=O)c(N2CCCCCC2)c1)C(=O)OC. The van der Waals surface area contributed by atoms with E-state index in [0.29, 0.717) is 11.4 Å². The minimum atomic E-state index is -3.43. The molecule has 1 saturated heterocycles. The van der Waals surface area contributed by atoms with E-state index in [1.165, 1.54) is 26.5 Å². The summed E-state index contributed by atoms with van der Waals surface area (Å²) < 4.78 is 33.8. The lowest BCUT2D eigenvalue weighted by Crippen LogP contribution is -2.26. The normalized spacial score (nSPS) is 15.5. The predicted octanol–water partition coefficient (Wildman–Crippen LogP) is 2.11. The average Bonchev–Trinajstić information content (AvgIpc) is 2.95. The van der Waals surface area contributed by atoms with Crippen LogP contribution in [0, 0.1) is 0 Å². The number of anilines is 2. The first kappa shape index (κ1) is 21.7. The number of carbonyl (C=O) groups excluding carboxylic acids is 2. The van der Waals surface area contributed by atoms with Gasteiger partial charge < -0.3 is 19.7 Å². The van der Waals surface area contributed by atoms with Crippen molar-refractivity contribution in [2.24, 2.45) is 0 Å². The second kappa shape index (κ2) is 9.59. The Labute approximate surface area is 165 Å². The molecule has 8 nitrogen and oxygen atoms in total. The van der Waals surface area contributed by atoms with Gasteiger partial charge in [-0.3, -0.25) is 0 Å². The molecule has 0 amide bonds. The minimum absolute atomic E-state index is 0.108. The van der Waals surface area contributed by atoms with Gasteiger partial charge in [0.2, 0.25) is 0 Å². The van der Waals surface area contributed by atoms with Gasteiger partial charge in [0.1, 0.15) is 5.70 Å². The van der Waals surface area contributed by atoms with Crippen LogP contribution in [0.15, 0.2) is 34.9 Å². The highest BCUT2D eigenvalue weighted by atomic mass is 32.2. The van der Waals surface area contributed by atoms with Gasteiger partial charge in [0.25, 0.3) is 0 Å². The number of ether oxygens (including phenoxy) is 2. The van der Waals surface area contributed by atoms with Gasteiger partial charge in [-0.1, -0.05) is 12.8 Å². The van der Waals surface area contributed by atoms with Crippen LogP contribution in [-0.4, -0.2) is 53.9 Å². The fraction of sp³-hybridized carbons (Fsp3) is 0.474. The Morgan fingerprint density at radius 3 is 2.25 bits per heavy atom. The average molecular weight is 410 g/mol. The molecule has 0 aliphatic carbocycles. The van der Waals surface area contributed by atoms with E-state index in [1.54, 1.807) is 12.1 Å². The lowest BCUT2D eigenvalue weighted by Gasteiger charge is -2.25. The number of rotatable bonds is 6. The van der Waals surface area contributed by atoms with Crippen molar-refractivity contribution < 1.29 is 27.5 Å². The first-order valence-electron chi connectivity index (χ1n) is 9.00. The first-order chi connectivity index (χ1) is 13.3. The Hall–Kier alpha value is -2.55. The smallest absolute Gasteiger partial charge is 0.354 e. The van der Waals surface area contributed by atoms with Crippen LogP contribution in [0.4, 0.5) is 11.4 Å². The number of benzene rings is 1. The predicted molar refractivity (Wildman–Crippen MR) is 106 cm³/mol. The molecule has 0 radical (unpaired) electrons. The summed E-state index contributed by atoms with van der Waals surface area (Å²) >= 11 is 0. The van der Waals surface area contributed by atoms with Gasteiger partial charge in [-0.2, -0.15) is 0 Å². The molecule has 1 heterocycles. The largest absolute Gasteiger partial charge is 0.466 e. The van der Waals surface area contributed by atoms with Gasteiger partial charge in [0, 0.05) is 25.0 Å².